The van der Waals surface area contributed by atoms with Crippen LogP contribution in [-0.2, 0) is 0 Å². The molecule has 0 aliphatic heterocycles. The van der Waals surface area contributed by atoms with E-state index in [-0.39, 0.29) is 0 Å². The summed E-state index contributed by atoms with van der Waals surface area (Å²) in [7, 11) is 0. The van der Waals surface area contributed by atoms with Gasteiger partial charge in [-0.2, -0.15) is 5.26 Å². The van der Waals surface area contributed by atoms with Crippen molar-refractivity contribution >= 4 is 27.7 Å². The molecule has 1 aromatic heterocycles. The lowest BCUT2D eigenvalue weighted by Crippen LogP contribution is -1.82. The molecule has 2 aromatic rings. The molecule has 0 saturated carbocycles. The topological polar surface area (TPSA) is 65.4 Å². The van der Waals surface area contributed by atoms with Crippen molar-refractivity contribution in [2.45, 2.75) is 18.0 Å². The number of benzene rings is 1. The van der Waals surface area contributed by atoms with Gasteiger partial charge in [-0.3, -0.25) is 5.10 Å². The zero-order valence-electron chi connectivity index (χ0n) is 9.56. The van der Waals surface area contributed by atoms with Crippen molar-refractivity contribution in [3.63, 3.8) is 0 Å². The van der Waals surface area contributed by atoms with Crippen molar-refractivity contribution in [2.75, 3.05) is 5.75 Å². The van der Waals surface area contributed by atoms with Crippen molar-refractivity contribution in [1.29, 1.82) is 5.26 Å². The summed E-state index contributed by atoms with van der Waals surface area (Å²) in [6.45, 7) is 0. The first kappa shape index (κ1) is 13.1. The molecule has 0 fully saturated rings. The fourth-order valence-electron chi connectivity index (χ4n) is 1.40. The Bertz CT molecular complexity index is 561. The van der Waals surface area contributed by atoms with Crippen molar-refractivity contribution in [2.24, 2.45) is 0 Å². The number of thioether (sulfide) groups is 1. The highest BCUT2D eigenvalue weighted by atomic mass is 79.9. The van der Waals surface area contributed by atoms with Gasteiger partial charge in [0.25, 0.3) is 0 Å². The van der Waals surface area contributed by atoms with Crippen LogP contribution in [0.3, 0.4) is 0 Å². The number of hydrogen-bond acceptors (Lipinski definition) is 4. The van der Waals surface area contributed by atoms with Crippen molar-refractivity contribution in [3.05, 3.63) is 28.7 Å². The summed E-state index contributed by atoms with van der Waals surface area (Å²) in [4.78, 5) is 4.42. The first-order chi connectivity index (χ1) is 8.81. The fraction of sp³-hybridized carbons (Fsp3) is 0.250. The van der Waals surface area contributed by atoms with Gasteiger partial charge in [0.15, 0.2) is 5.82 Å². The summed E-state index contributed by atoms with van der Waals surface area (Å²) in [6.07, 6.45) is 1.44. The van der Waals surface area contributed by atoms with Crippen molar-refractivity contribution in [1.82, 2.24) is 15.2 Å². The molecule has 1 N–H and O–H groups in total. The van der Waals surface area contributed by atoms with E-state index in [2.05, 4.69) is 37.2 Å². The number of unbranched alkanes of at least 4 members (excludes halogenated alkanes) is 1. The lowest BCUT2D eigenvalue weighted by atomic mass is 10.2. The van der Waals surface area contributed by atoms with E-state index in [4.69, 9.17) is 5.26 Å². The Kier molecular flexibility index (Phi) is 4.79. The summed E-state index contributed by atoms with van der Waals surface area (Å²) in [5, 5.41) is 16.2. The van der Waals surface area contributed by atoms with Gasteiger partial charge < -0.3 is 0 Å². The van der Waals surface area contributed by atoms with E-state index < -0.39 is 0 Å². The predicted molar refractivity (Wildman–Crippen MR) is 75.1 cm³/mol. The summed E-state index contributed by atoms with van der Waals surface area (Å²) >= 11 is 5.05. The molecule has 0 aliphatic carbocycles. The number of halogens is 1. The largest absolute Gasteiger partial charge is 0.258 e. The molecule has 0 bridgehead atoms. The van der Waals surface area contributed by atoms with Gasteiger partial charge in [0.2, 0.25) is 5.16 Å². The van der Waals surface area contributed by atoms with E-state index in [1.54, 1.807) is 11.8 Å². The molecule has 0 saturated heterocycles. The number of aromatic amines is 1. The number of nitrogens with one attached hydrogen (secondary N) is 1. The number of aromatic nitrogens is 3. The average Bonchev–Trinajstić information content (AvgIpc) is 2.84. The molecule has 0 atom stereocenters. The van der Waals surface area contributed by atoms with Crippen molar-refractivity contribution in [3.8, 4) is 17.5 Å². The van der Waals surface area contributed by atoms with Gasteiger partial charge in [-0.25, -0.2) is 4.98 Å². The first-order valence-corrected chi connectivity index (χ1v) is 7.26. The Hall–Kier alpha value is -1.32. The van der Waals surface area contributed by atoms with Crippen LogP contribution in [0.4, 0.5) is 0 Å². The van der Waals surface area contributed by atoms with Gasteiger partial charge in [-0.15, -0.1) is 5.10 Å². The molecular formula is C12H11BrN4S. The Balaban J connectivity index is 2.03. The monoisotopic (exact) mass is 322 g/mol. The van der Waals surface area contributed by atoms with E-state index in [0.29, 0.717) is 6.42 Å². The second-order valence-corrected chi connectivity index (χ2v) is 5.47. The van der Waals surface area contributed by atoms with Crippen LogP contribution in [0.15, 0.2) is 33.9 Å². The third-order valence-electron chi connectivity index (χ3n) is 2.26. The van der Waals surface area contributed by atoms with Crippen LogP contribution in [0.25, 0.3) is 11.4 Å². The fourth-order valence-corrected chi connectivity index (χ4v) is 2.61. The van der Waals surface area contributed by atoms with Gasteiger partial charge in [0.1, 0.15) is 0 Å². The SMILES string of the molecule is N#CCCCSc1n[nH]c(-c2ccccc2Br)n1. The van der Waals surface area contributed by atoms with Gasteiger partial charge in [-0.05, 0) is 12.5 Å². The normalized spacial score (nSPS) is 10.2. The van der Waals surface area contributed by atoms with Crippen LogP contribution in [0.5, 0.6) is 0 Å². The van der Waals surface area contributed by atoms with E-state index in [0.717, 1.165) is 33.2 Å². The molecule has 18 heavy (non-hydrogen) atoms. The minimum absolute atomic E-state index is 0.578. The zero-order valence-corrected chi connectivity index (χ0v) is 12.0. The number of rotatable bonds is 5. The Morgan fingerprint density at radius 3 is 3.00 bits per heavy atom. The summed E-state index contributed by atoms with van der Waals surface area (Å²) in [6, 6.07) is 10.00. The highest BCUT2D eigenvalue weighted by molar-refractivity contribution is 9.10. The standard InChI is InChI=1S/C12H11BrN4S/c13-10-6-2-1-5-9(10)11-15-12(17-16-11)18-8-4-3-7-14/h1-2,5-6H,3-4,8H2,(H,15,16,17). The van der Waals surface area contributed by atoms with Gasteiger partial charge >= 0.3 is 0 Å². The minimum atomic E-state index is 0.578. The molecule has 0 amide bonds. The number of hydrogen-bond donors (Lipinski definition) is 1. The van der Waals surface area contributed by atoms with Crippen LogP contribution in [0.2, 0.25) is 0 Å². The maximum absolute atomic E-state index is 8.44. The highest BCUT2D eigenvalue weighted by Crippen LogP contribution is 2.26. The summed E-state index contributed by atoms with van der Waals surface area (Å²) in [5.74, 6) is 1.62. The van der Waals surface area contributed by atoms with Crippen LogP contribution in [0, 0.1) is 11.3 Å². The molecule has 0 aliphatic rings. The third kappa shape index (κ3) is 3.34. The minimum Gasteiger partial charge on any atom is -0.258 e. The van der Waals surface area contributed by atoms with Crippen LogP contribution in [0.1, 0.15) is 12.8 Å². The smallest absolute Gasteiger partial charge is 0.208 e. The predicted octanol–water partition coefficient (Wildman–Crippen LogP) is 3.63. The van der Waals surface area contributed by atoms with Crippen LogP contribution < -0.4 is 0 Å². The van der Waals surface area contributed by atoms with E-state index in [9.17, 15) is 0 Å². The maximum atomic E-state index is 8.44. The first-order valence-electron chi connectivity index (χ1n) is 5.48. The quantitative estimate of drug-likeness (QED) is 0.674. The molecular weight excluding hydrogens is 312 g/mol. The second-order valence-electron chi connectivity index (χ2n) is 3.56. The van der Waals surface area contributed by atoms with Gasteiger partial charge in [0.05, 0.1) is 6.07 Å². The van der Waals surface area contributed by atoms with Crippen molar-refractivity contribution < 1.29 is 0 Å². The Morgan fingerprint density at radius 1 is 1.39 bits per heavy atom. The molecule has 6 heteroatoms. The van der Waals surface area contributed by atoms with E-state index in [1.165, 1.54) is 0 Å². The van der Waals surface area contributed by atoms with Gasteiger partial charge in [-0.1, -0.05) is 45.9 Å². The third-order valence-corrected chi connectivity index (χ3v) is 3.88. The van der Waals surface area contributed by atoms with Gasteiger partial charge in [0, 0.05) is 22.2 Å². The Labute approximate surface area is 118 Å². The molecule has 4 nitrogen and oxygen atoms in total. The summed E-state index contributed by atoms with van der Waals surface area (Å²) < 4.78 is 0.988. The molecule has 0 unspecified atom stereocenters. The highest BCUT2D eigenvalue weighted by Gasteiger charge is 2.08. The number of H-pyrrole nitrogens is 1. The van der Waals surface area contributed by atoms with E-state index >= 15 is 0 Å². The molecule has 0 spiro atoms. The lowest BCUT2D eigenvalue weighted by molar-refractivity contribution is 0.950. The molecule has 0 radical (unpaired) electrons. The second kappa shape index (κ2) is 6.57. The average molecular weight is 323 g/mol. The number of nitrogens with zero attached hydrogens (tertiary/aromatic N) is 3. The summed E-state index contributed by atoms with van der Waals surface area (Å²) in [5.41, 5.74) is 0.994. The molecule has 92 valence electrons. The molecule has 1 heterocycles. The molecule has 2 rings (SSSR count). The van der Waals surface area contributed by atoms with E-state index in [1.807, 2.05) is 24.3 Å². The Morgan fingerprint density at radius 2 is 2.22 bits per heavy atom. The zero-order chi connectivity index (χ0) is 12.8. The molecule has 1 aromatic carbocycles. The maximum Gasteiger partial charge on any atom is 0.208 e. The lowest BCUT2D eigenvalue weighted by Gasteiger charge is -1.98. The van der Waals surface area contributed by atoms with Crippen LogP contribution in [-0.4, -0.2) is 20.9 Å². The number of nitriles is 1. The van der Waals surface area contributed by atoms with Crippen LogP contribution >= 0.6 is 27.7 Å².